The SMILES string of the molecule is CC/C=C\C/C=C\CCCCC(=O)OCC(COC(=O)CCCCCCC\C=C/C=C\C=C/C=C\CCCCC)OC(=O)CCCCC/C=C\CCCCCCCCC. The number of hydrogen-bond donors (Lipinski definition) is 0. The van der Waals surface area contributed by atoms with E-state index in [2.05, 4.69) is 106 Å². The number of unbranched alkanes of at least 4 members (excludes halogenated alkanes) is 20. The molecule has 0 saturated carbocycles. The van der Waals surface area contributed by atoms with Crippen molar-refractivity contribution < 1.29 is 28.6 Å². The smallest absolute Gasteiger partial charge is 0.306 e. The van der Waals surface area contributed by atoms with E-state index in [0.717, 1.165) is 109 Å². The van der Waals surface area contributed by atoms with E-state index < -0.39 is 6.10 Å². The number of rotatable bonds is 42. The molecule has 1 atom stereocenters. The van der Waals surface area contributed by atoms with Crippen LogP contribution in [0.2, 0.25) is 0 Å². The van der Waals surface area contributed by atoms with E-state index in [1.54, 1.807) is 0 Å². The fraction of sp³-hybridized carbons (Fsp3) is 0.679. The van der Waals surface area contributed by atoms with Crippen molar-refractivity contribution in [2.45, 2.75) is 219 Å². The van der Waals surface area contributed by atoms with Gasteiger partial charge in [0, 0.05) is 19.3 Å². The molecule has 0 spiro atoms. The van der Waals surface area contributed by atoms with Gasteiger partial charge in [-0.05, 0) is 96.3 Å². The van der Waals surface area contributed by atoms with Crippen LogP contribution in [0, 0.1) is 0 Å². The highest BCUT2D eigenvalue weighted by Crippen LogP contribution is 2.12. The van der Waals surface area contributed by atoms with E-state index in [1.807, 2.05) is 0 Å². The maximum Gasteiger partial charge on any atom is 0.306 e. The molecule has 0 aliphatic rings. The lowest BCUT2D eigenvalue weighted by Gasteiger charge is -2.18. The number of carbonyl (C=O) groups excluding carboxylic acids is 3. The van der Waals surface area contributed by atoms with Crippen LogP contribution in [0.1, 0.15) is 213 Å². The van der Waals surface area contributed by atoms with Crippen molar-refractivity contribution in [1.82, 2.24) is 0 Å². The Morgan fingerprint density at radius 2 is 0.729 bits per heavy atom. The van der Waals surface area contributed by atoms with Gasteiger partial charge < -0.3 is 14.2 Å². The highest BCUT2D eigenvalue weighted by molar-refractivity contribution is 5.71. The number of esters is 3. The van der Waals surface area contributed by atoms with Gasteiger partial charge in [0.2, 0.25) is 0 Å². The molecule has 0 aromatic heterocycles. The van der Waals surface area contributed by atoms with Crippen LogP contribution < -0.4 is 0 Å². The number of allylic oxidation sites excluding steroid dienone is 14. The second-order valence-corrected chi connectivity index (χ2v) is 15.7. The van der Waals surface area contributed by atoms with E-state index in [0.29, 0.717) is 19.3 Å². The lowest BCUT2D eigenvalue weighted by Crippen LogP contribution is -2.30. The van der Waals surface area contributed by atoms with Crippen LogP contribution in [-0.4, -0.2) is 37.2 Å². The molecule has 0 aliphatic carbocycles. The molecule has 0 saturated heterocycles. The third-order valence-corrected chi connectivity index (χ3v) is 9.95. The third-order valence-electron chi connectivity index (χ3n) is 9.95. The summed E-state index contributed by atoms with van der Waals surface area (Å²) in [4.78, 5) is 37.8. The second-order valence-electron chi connectivity index (χ2n) is 15.7. The standard InChI is InChI=1S/C53H88O6/c1-4-7-10-13-16-19-21-23-25-26-27-28-30-31-34-37-40-43-46-52(55)58-49-50(48-57-51(54)45-42-39-36-33-18-15-12-9-6-3)59-53(56)47-44-41-38-35-32-29-24-22-20-17-14-11-8-5-2/h9,12,16,18-19,21,23,25-29,32-33,50H,4-8,10-11,13-15,17,20,22,24,30-31,34-49H2,1-3H3/b12-9-,19-16-,23-21-,26-25-,28-27-,32-29-,33-18-. The van der Waals surface area contributed by atoms with Gasteiger partial charge in [-0.1, -0.05) is 183 Å². The Labute approximate surface area is 363 Å². The lowest BCUT2D eigenvalue weighted by molar-refractivity contribution is -0.167. The minimum Gasteiger partial charge on any atom is -0.462 e. The van der Waals surface area contributed by atoms with E-state index in [1.165, 1.54) is 64.2 Å². The van der Waals surface area contributed by atoms with Gasteiger partial charge in [0.05, 0.1) is 0 Å². The largest absolute Gasteiger partial charge is 0.462 e. The highest BCUT2D eigenvalue weighted by Gasteiger charge is 2.19. The normalized spacial score (nSPS) is 12.8. The molecule has 0 aromatic carbocycles. The molecule has 0 heterocycles. The first-order valence-corrected chi connectivity index (χ1v) is 24.1. The Morgan fingerprint density at radius 3 is 1.27 bits per heavy atom. The molecule has 0 radical (unpaired) electrons. The summed E-state index contributed by atoms with van der Waals surface area (Å²) in [5.74, 6) is -0.986. The first-order chi connectivity index (χ1) is 29.0. The molecular formula is C53H88O6. The van der Waals surface area contributed by atoms with Gasteiger partial charge >= 0.3 is 17.9 Å². The molecule has 1 unspecified atom stereocenters. The first-order valence-electron chi connectivity index (χ1n) is 24.1. The number of hydrogen-bond acceptors (Lipinski definition) is 6. The Kier molecular flexibility index (Phi) is 44.5. The van der Waals surface area contributed by atoms with Crippen LogP contribution in [0.4, 0.5) is 0 Å². The third kappa shape index (κ3) is 45.5. The van der Waals surface area contributed by atoms with E-state index >= 15 is 0 Å². The van der Waals surface area contributed by atoms with Gasteiger partial charge in [-0.25, -0.2) is 0 Å². The molecule has 0 aliphatic heterocycles. The van der Waals surface area contributed by atoms with Crippen molar-refractivity contribution in [1.29, 1.82) is 0 Å². The fourth-order valence-corrected chi connectivity index (χ4v) is 6.31. The minimum atomic E-state index is -0.805. The molecule has 6 nitrogen and oxygen atoms in total. The van der Waals surface area contributed by atoms with Crippen molar-refractivity contribution >= 4 is 17.9 Å². The Morgan fingerprint density at radius 1 is 0.373 bits per heavy atom. The van der Waals surface area contributed by atoms with Gasteiger partial charge in [0.25, 0.3) is 0 Å². The predicted octanol–water partition coefficient (Wildman–Crippen LogP) is 15.6. The molecule has 0 aromatic rings. The topological polar surface area (TPSA) is 78.9 Å². The molecule has 0 rings (SSSR count). The summed E-state index contributed by atoms with van der Waals surface area (Å²) in [6, 6.07) is 0. The maximum absolute atomic E-state index is 12.7. The Bertz CT molecular complexity index is 1170. The van der Waals surface area contributed by atoms with Crippen LogP contribution in [-0.2, 0) is 28.6 Å². The summed E-state index contributed by atoms with van der Waals surface area (Å²) in [5.41, 5.74) is 0. The highest BCUT2D eigenvalue weighted by atomic mass is 16.6. The Balaban J connectivity index is 4.44. The Hall–Kier alpha value is -3.41. The van der Waals surface area contributed by atoms with Crippen LogP contribution in [0.15, 0.2) is 85.1 Å². The van der Waals surface area contributed by atoms with Gasteiger partial charge in [-0.3, -0.25) is 14.4 Å². The van der Waals surface area contributed by atoms with Gasteiger partial charge in [-0.15, -0.1) is 0 Å². The zero-order chi connectivity index (χ0) is 43.0. The summed E-state index contributed by atoms with van der Waals surface area (Å²) in [6.07, 6.45) is 60.0. The van der Waals surface area contributed by atoms with Crippen LogP contribution in [0.5, 0.6) is 0 Å². The molecule has 0 amide bonds. The second kappa shape index (κ2) is 47.3. The van der Waals surface area contributed by atoms with E-state index in [9.17, 15) is 14.4 Å². The number of carbonyl (C=O) groups is 3. The molecule has 0 N–H and O–H groups in total. The molecule has 336 valence electrons. The zero-order valence-electron chi connectivity index (χ0n) is 38.2. The first kappa shape index (κ1) is 55.6. The van der Waals surface area contributed by atoms with Crippen molar-refractivity contribution in [3.8, 4) is 0 Å². The summed E-state index contributed by atoms with van der Waals surface area (Å²) in [6.45, 7) is 6.39. The molecule has 0 fully saturated rings. The summed E-state index contributed by atoms with van der Waals surface area (Å²) in [5, 5.41) is 0. The van der Waals surface area contributed by atoms with Crippen molar-refractivity contribution in [2.75, 3.05) is 13.2 Å². The minimum absolute atomic E-state index is 0.106. The summed E-state index contributed by atoms with van der Waals surface area (Å²) < 4.78 is 16.7. The summed E-state index contributed by atoms with van der Waals surface area (Å²) in [7, 11) is 0. The van der Waals surface area contributed by atoms with Crippen molar-refractivity contribution in [3.05, 3.63) is 85.1 Å². The molecule has 59 heavy (non-hydrogen) atoms. The van der Waals surface area contributed by atoms with Crippen LogP contribution >= 0.6 is 0 Å². The molecule has 6 heteroatoms. The van der Waals surface area contributed by atoms with Gasteiger partial charge in [-0.2, -0.15) is 0 Å². The average Bonchev–Trinajstić information content (AvgIpc) is 3.23. The monoisotopic (exact) mass is 821 g/mol. The van der Waals surface area contributed by atoms with E-state index in [-0.39, 0.29) is 31.1 Å². The van der Waals surface area contributed by atoms with E-state index in [4.69, 9.17) is 14.2 Å². The van der Waals surface area contributed by atoms with Crippen molar-refractivity contribution in [3.63, 3.8) is 0 Å². The zero-order valence-corrected chi connectivity index (χ0v) is 38.2. The van der Waals surface area contributed by atoms with Gasteiger partial charge in [0.15, 0.2) is 6.10 Å². The maximum atomic E-state index is 12.7. The predicted molar refractivity (Wildman–Crippen MR) is 251 cm³/mol. The molecule has 0 bridgehead atoms. The lowest BCUT2D eigenvalue weighted by atomic mass is 10.1. The summed E-state index contributed by atoms with van der Waals surface area (Å²) >= 11 is 0. The molecular weight excluding hydrogens is 733 g/mol. The van der Waals surface area contributed by atoms with Crippen LogP contribution in [0.25, 0.3) is 0 Å². The number of ether oxygens (including phenoxy) is 3. The quantitative estimate of drug-likeness (QED) is 0.0201. The fourth-order valence-electron chi connectivity index (χ4n) is 6.31. The van der Waals surface area contributed by atoms with Gasteiger partial charge in [0.1, 0.15) is 13.2 Å². The average molecular weight is 821 g/mol. The van der Waals surface area contributed by atoms with Crippen LogP contribution in [0.3, 0.4) is 0 Å². The van der Waals surface area contributed by atoms with Crippen molar-refractivity contribution in [2.24, 2.45) is 0 Å².